The van der Waals surface area contributed by atoms with Gasteiger partial charge >= 0.3 is 5.69 Å². The number of aromatic amines is 1. The summed E-state index contributed by atoms with van der Waals surface area (Å²) >= 11 is 7.43. The van der Waals surface area contributed by atoms with Gasteiger partial charge in [-0.3, -0.25) is 14.3 Å². The molecule has 0 aliphatic carbocycles. The fourth-order valence-electron chi connectivity index (χ4n) is 1.65. The van der Waals surface area contributed by atoms with E-state index in [0.29, 0.717) is 12.5 Å². The molecule has 4 nitrogen and oxygen atoms in total. The molecular formula is C9H11ClN2O2S. The van der Waals surface area contributed by atoms with E-state index < -0.39 is 5.69 Å². The zero-order valence-corrected chi connectivity index (χ0v) is 9.61. The molecule has 1 unspecified atom stereocenters. The molecule has 1 atom stereocenters. The quantitative estimate of drug-likeness (QED) is 0.791. The minimum absolute atomic E-state index is 0.0991. The Morgan fingerprint density at radius 2 is 2.40 bits per heavy atom. The third kappa shape index (κ3) is 2.46. The fourth-order valence-corrected chi connectivity index (χ4v) is 3.10. The van der Waals surface area contributed by atoms with Crippen LogP contribution in [-0.4, -0.2) is 21.1 Å². The van der Waals surface area contributed by atoms with Gasteiger partial charge in [0, 0.05) is 12.6 Å². The van der Waals surface area contributed by atoms with Gasteiger partial charge in [-0.05, 0) is 23.8 Å². The lowest BCUT2D eigenvalue weighted by Gasteiger charge is -2.09. The predicted molar refractivity (Wildman–Crippen MR) is 61.8 cm³/mol. The Balaban J connectivity index is 2.28. The maximum atomic E-state index is 11.5. The van der Waals surface area contributed by atoms with Gasteiger partial charge in [-0.25, -0.2) is 4.79 Å². The van der Waals surface area contributed by atoms with E-state index in [1.807, 2.05) is 11.8 Å². The molecule has 0 aromatic carbocycles. The van der Waals surface area contributed by atoms with Gasteiger partial charge < -0.3 is 0 Å². The first-order chi connectivity index (χ1) is 7.16. The molecule has 0 saturated carbocycles. The monoisotopic (exact) mass is 246 g/mol. The van der Waals surface area contributed by atoms with Crippen LogP contribution in [0.2, 0.25) is 5.15 Å². The van der Waals surface area contributed by atoms with Crippen molar-refractivity contribution in [2.24, 2.45) is 5.92 Å². The summed E-state index contributed by atoms with van der Waals surface area (Å²) in [4.78, 5) is 25.4. The Morgan fingerprint density at radius 1 is 1.60 bits per heavy atom. The minimum atomic E-state index is -0.413. The van der Waals surface area contributed by atoms with Crippen LogP contribution in [0.5, 0.6) is 0 Å². The Hall–Kier alpha value is -0.680. The van der Waals surface area contributed by atoms with Crippen molar-refractivity contribution in [3.8, 4) is 0 Å². The van der Waals surface area contributed by atoms with Crippen LogP contribution in [0.1, 0.15) is 6.42 Å². The predicted octanol–water partition coefficient (Wildman–Crippen LogP) is 0.943. The van der Waals surface area contributed by atoms with Crippen molar-refractivity contribution in [1.82, 2.24) is 9.55 Å². The van der Waals surface area contributed by atoms with Crippen LogP contribution < -0.4 is 11.2 Å². The number of H-pyrrole nitrogens is 1. The summed E-state index contributed by atoms with van der Waals surface area (Å²) in [6.45, 7) is 0.498. The second-order valence-corrected chi connectivity index (χ2v) is 5.16. The largest absolute Gasteiger partial charge is 0.329 e. The zero-order valence-electron chi connectivity index (χ0n) is 8.03. The Kier molecular flexibility index (Phi) is 3.21. The lowest BCUT2D eigenvalue weighted by Crippen LogP contribution is -2.36. The number of nitrogens with one attached hydrogen (secondary N) is 1. The third-order valence-electron chi connectivity index (χ3n) is 2.45. The van der Waals surface area contributed by atoms with E-state index in [1.54, 1.807) is 0 Å². The number of thioether (sulfide) groups is 1. The Bertz CT molecular complexity index is 431. The molecule has 1 aliphatic heterocycles. The Labute approximate surface area is 95.6 Å². The summed E-state index contributed by atoms with van der Waals surface area (Å²) in [5.41, 5.74) is -0.731. The van der Waals surface area contributed by atoms with E-state index in [0.717, 1.165) is 17.9 Å². The number of rotatable bonds is 2. The van der Waals surface area contributed by atoms with E-state index >= 15 is 0 Å². The molecule has 1 fully saturated rings. The minimum Gasteiger partial charge on any atom is -0.298 e. The first-order valence-corrected chi connectivity index (χ1v) is 6.27. The van der Waals surface area contributed by atoms with E-state index in [4.69, 9.17) is 11.6 Å². The van der Waals surface area contributed by atoms with Crippen LogP contribution in [0, 0.1) is 5.92 Å². The molecule has 2 rings (SSSR count). The van der Waals surface area contributed by atoms with Gasteiger partial charge in [0.05, 0.1) is 0 Å². The van der Waals surface area contributed by atoms with Crippen molar-refractivity contribution < 1.29 is 0 Å². The zero-order chi connectivity index (χ0) is 10.8. The summed E-state index contributed by atoms with van der Waals surface area (Å²) in [6.07, 6.45) is 1.07. The normalized spacial score (nSPS) is 20.7. The van der Waals surface area contributed by atoms with Crippen LogP contribution in [-0.2, 0) is 6.54 Å². The Morgan fingerprint density at radius 3 is 3.00 bits per heavy atom. The summed E-state index contributed by atoms with van der Waals surface area (Å²) in [5.74, 6) is 2.56. The van der Waals surface area contributed by atoms with Gasteiger partial charge in [0.1, 0.15) is 5.15 Å². The van der Waals surface area contributed by atoms with Crippen molar-refractivity contribution in [3.05, 3.63) is 32.1 Å². The van der Waals surface area contributed by atoms with E-state index in [1.165, 1.54) is 10.6 Å². The molecule has 15 heavy (non-hydrogen) atoms. The highest BCUT2D eigenvalue weighted by Crippen LogP contribution is 2.23. The van der Waals surface area contributed by atoms with Gasteiger partial charge in [-0.15, -0.1) is 0 Å². The van der Waals surface area contributed by atoms with E-state index in [-0.39, 0.29) is 10.7 Å². The second kappa shape index (κ2) is 4.45. The van der Waals surface area contributed by atoms with Gasteiger partial charge in [0.2, 0.25) is 0 Å². The lowest BCUT2D eigenvalue weighted by molar-refractivity contribution is 0.467. The molecule has 1 aliphatic rings. The van der Waals surface area contributed by atoms with Gasteiger partial charge in [0.15, 0.2) is 0 Å². The van der Waals surface area contributed by atoms with Crippen molar-refractivity contribution >= 4 is 23.4 Å². The molecule has 0 bridgehead atoms. The molecule has 1 aromatic heterocycles. The van der Waals surface area contributed by atoms with Crippen molar-refractivity contribution in [3.63, 3.8) is 0 Å². The van der Waals surface area contributed by atoms with Crippen molar-refractivity contribution in [2.45, 2.75) is 13.0 Å². The summed E-state index contributed by atoms with van der Waals surface area (Å²) < 4.78 is 1.22. The lowest BCUT2D eigenvalue weighted by atomic mass is 10.1. The molecule has 82 valence electrons. The number of hydrogen-bond acceptors (Lipinski definition) is 3. The molecule has 1 aromatic rings. The van der Waals surface area contributed by atoms with Crippen LogP contribution in [0.3, 0.4) is 0 Å². The van der Waals surface area contributed by atoms with Crippen LogP contribution >= 0.6 is 23.4 Å². The summed E-state index contributed by atoms with van der Waals surface area (Å²) in [7, 11) is 0. The van der Waals surface area contributed by atoms with Gasteiger partial charge in [-0.2, -0.15) is 11.8 Å². The smallest absolute Gasteiger partial charge is 0.298 e. The van der Waals surface area contributed by atoms with Crippen LogP contribution in [0.25, 0.3) is 0 Å². The van der Waals surface area contributed by atoms with Gasteiger partial charge in [0.25, 0.3) is 5.56 Å². The van der Waals surface area contributed by atoms with Gasteiger partial charge in [-0.1, -0.05) is 11.6 Å². The topological polar surface area (TPSA) is 54.9 Å². The summed E-state index contributed by atoms with van der Waals surface area (Å²) in [6, 6.07) is 1.24. The number of halogens is 1. The fraction of sp³-hybridized carbons (Fsp3) is 0.556. The number of hydrogen-bond donors (Lipinski definition) is 1. The molecule has 1 saturated heterocycles. The van der Waals surface area contributed by atoms with Crippen molar-refractivity contribution in [2.75, 3.05) is 11.5 Å². The highest BCUT2D eigenvalue weighted by Gasteiger charge is 2.17. The molecule has 2 heterocycles. The average Bonchev–Trinajstić information content (AvgIpc) is 2.63. The van der Waals surface area contributed by atoms with Crippen LogP contribution in [0.15, 0.2) is 15.7 Å². The molecule has 6 heteroatoms. The molecule has 1 N–H and O–H groups in total. The van der Waals surface area contributed by atoms with Crippen LogP contribution in [0.4, 0.5) is 0 Å². The highest BCUT2D eigenvalue weighted by atomic mass is 35.5. The molecule has 0 radical (unpaired) electrons. The summed E-state index contributed by atoms with van der Waals surface area (Å²) in [5, 5.41) is 0.0991. The van der Waals surface area contributed by atoms with Crippen molar-refractivity contribution in [1.29, 1.82) is 0 Å². The maximum Gasteiger partial charge on any atom is 0.329 e. The standard InChI is InChI=1S/C9H11ClN2O2S/c10-7-3-8(13)12(9(14)11-7)4-6-1-2-15-5-6/h3,6H,1-2,4-5H2,(H,11,14). The number of aromatic nitrogens is 2. The van der Waals surface area contributed by atoms with E-state index in [9.17, 15) is 9.59 Å². The van der Waals surface area contributed by atoms with E-state index in [2.05, 4.69) is 4.98 Å². The molecule has 0 spiro atoms. The highest BCUT2D eigenvalue weighted by molar-refractivity contribution is 7.99. The molecular weight excluding hydrogens is 236 g/mol. The average molecular weight is 247 g/mol. The third-order valence-corrected chi connectivity index (χ3v) is 3.89. The maximum absolute atomic E-state index is 11.5. The first kappa shape index (κ1) is 10.8. The number of nitrogens with zero attached hydrogens (tertiary/aromatic N) is 1. The second-order valence-electron chi connectivity index (χ2n) is 3.60. The first-order valence-electron chi connectivity index (χ1n) is 4.74. The molecule has 0 amide bonds. The SMILES string of the molecule is O=c1cc(Cl)[nH]c(=O)n1CC1CCSC1.